The number of fused-ring (bicyclic) bond motifs is 1. The summed E-state index contributed by atoms with van der Waals surface area (Å²) in [6.45, 7) is 11.6. The number of nitrogens with one attached hydrogen (secondary N) is 1. The van der Waals surface area contributed by atoms with E-state index in [-0.39, 0.29) is 17.0 Å². The predicted molar refractivity (Wildman–Crippen MR) is 172 cm³/mol. The molecule has 0 saturated carbocycles. The van der Waals surface area contributed by atoms with Crippen LogP contribution in [0.15, 0.2) is 60.7 Å². The number of nitrogens with zero attached hydrogens (tertiary/aromatic N) is 3. The van der Waals surface area contributed by atoms with Crippen molar-refractivity contribution in [3.8, 4) is 0 Å². The van der Waals surface area contributed by atoms with E-state index in [9.17, 15) is 4.79 Å². The zero-order chi connectivity index (χ0) is 29.2. The molecule has 0 radical (unpaired) electrons. The average molecular weight is 585 g/mol. The van der Waals surface area contributed by atoms with Gasteiger partial charge in [0.15, 0.2) is 5.69 Å². The minimum atomic E-state index is -2.61. The molecule has 0 bridgehead atoms. The van der Waals surface area contributed by atoms with Crippen LogP contribution >= 0.6 is 0 Å². The van der Waals surface area contributed by atoms with Gasteiger partial charge in [-0.05, 0) is 85.8 Å². The van der Waals surface area contributed by atoms with Crippen LogP contribution in [0, 0.1) is 5.92 Å². The van der Waals surface area contributed by atoms with E-state index in [0.29, 0.717) is 0 Å². The summed E-state index contributed by atoms with van der Waals surface area (Å²) in [4.78, 5) is 15.9. The van der Waals surface area contributed by atoms with Crippen LogP contribution in [0.5, 0.6) is 0 Å². The maximum Gasteiger partial charge on any atom is 0.274 e. The summed E-state index contributed by atoms with van der Waals surface area (Å²) in [5, 5.41) is 11.0. The van der Waals surface area contributed by atoms with Gasteiger partial charge in [0, 0.05) is 37.0 Å². The molecule has 3 aromatic rings. The van der Waals surface area contributed by atoms with E-state index in [1.807, 2.05) is 4.90 Å². The highest BCUT2D eigenvalue weighted by atomic mass is 28.4. The van der Waals surface area contributed by atoms with Crippen LogP contribution in [0.3, 0.4) is 0 Å². The Balaban J connectivity index is 1.17. The molecule has 2 fully saturated rings. The number of aryl methyl sites for hydroxylation is 1. The molecule has 224 valence electrons. The normalized spacial score (nSPS) is 18.8. The number of aromatic nitrogens is 2. The first-order chi connectivity index (χ1) is 20.4. The standard InChI is InChI=1S/C35H48N4O2Si/c1-35(2,3)42(29-11-6-4-7-12-29,30-13-8-5-9-14-30)41-28-20-24-38(25-21-28)34(40)33-31-15-10-16-32(31)39(37-33)26-19-27-17-22-36-23-18-27/h4-9,11-14,27-28,36H,10,15-26H2,1-3H3. The topological polar surface area (TPSA) is 59.4 Å². The van der Waals surface area contributed by atoms with E-state index < -0.39 is 8.32 Å². The molecule has 7 heteroatoms. The Labute approximate surface area is 253 Å². The fraction of sp³-hybridized carbons (Fsp3) is 0.543. The second-order valence-electron chi connectivity index (χ2n) is 13.6. The van der Waals surface area contributed by atoms with Gasteiger partial charge < -0.3 is 14.6 Å². The van der Waals surface area contributed by atoms with Crippen LogP contribution in [0.25, 0.3) is 0 Å². The van der Waals surface area contributed by atoms with Gasteiger partial charge in [0.2, 0.25) is 0 Å². The second-order valence-corrected chi connectivity index (χ2v) is 17.9. The number of carbonyl (C=O) groups excluding carboxylic acids is 1. The average Bonchev–Trinajstić information content (AvgIpc) is 3.63. The molecule has 6 rings (SSSR count). The van der Waals surface area contributed by atoms with E-state index >= 15 is 0 Å². The van der Waals surface area contributed by atoms with Crippen molar-refractivity contribution in [2.75, 3.05) is 26.2 Å². The molecule has 6 nitrogen and oxygen atoms in total. The van der Waals surface area contributed by atoms with E-state index in [0.717, 1.165) is 82.9 Å². The van der Waals surface area contributed by atoms with Crippen molar-refractivity contribution in [3.63, 3.8) is 0 Å². The minimum absolute atomic E-state index is 0.0514. The highest BCUT2D eigenvalue weighted by Crippen LogP contribution is 2.39. The zero-order valence-electron chi connectivity index (χ0n) is 25.8. The van der Waals surface area contributed by atoms with E-state index in [4.69, 9.17) is 9.52 Å². The van der Waals surface area contributed by atoms with Gasteiger partial charge >= 0.3 is 0 Å². The zero-order valence-corrected chi connectivity index (χ0v) is 26.8. The van der Waals surface area contributed by atoms with Crippen molar-refractivity contribution >= 4 is 24.6 Å². The summed E-state index contributed by atoms with van der Waals surface area (Å²) in [6, 6.07) is 21.8. The molecule has 0 unspecified atom stereocenters. The molecular weight excluding hydrogens is 536 g/mol. The van der Waals surface area contributed by atoms with Crippen LogP contribution in [-0.2, 0) is 23.8 Å². The van der Waals surface area contributed by atoms with Gasteiger partial charge in [0.05, 0.1) is 0 Å². The molecule has 1 aliphatic carbocycles. The summed E-state index contributed by atoms with van der Waals surface area (Å²) >= 11 is 0. The Morgan fingerprint density at radius 2 is 1.55 bits per heavy atom. The molecule has 2 aliphatic heterocycles. The Morgan fingerprint density at radius 1 is 0.929 bits per heavy atom. The number of hydrogen-bond acceptors (Lipinski definition) is 4. The first-order valence-corrected chi connectivity index (χ1v) is 18.1. The fourth-order valence-corrected chi connectivity index (χ4v) is 12.4. The molecule has 2 aromatic carbocycles. The quantitative estimate of drug-likeness (QED) is 0.381. The molecule has 3 heterocycles. The highest BCUT2D eigenvalue weighted by molar-refractivity contribution is 6.99. The maximum absolute atomic E-state index is 13.9. The molecule has 3 aliphatic rings. The first kappa shape index (κ1) is 29.3. The molecular formula is C35H48N4O2Si. The van der Waals surface area contributed by atoms with Crippen LogP contribution in [0.4, 0.5) is 0 Å². The molecule has 1 amide bonds. The van der Waals surface area contributed by atoms with Crippen LogP contribution in [0.1, 0.15) is 81.0 Å². The van der Waals surface area contributed by atoms with Crippen molar-refractivity contribution in [1.82, 2.24) is 20.0 Å². The number of likely N-dealkylation sites (tertiary alicyclic amines) is 1. The lowest BCUT2D eigenvalue weighted by molar-refractivity contribution is 0.0570. The lowest BCUT2D eigenvalue weighted by atomic mass is 9.95. The molecule has 42 heavy (non-hydrogen) atoms. The molecule has 1 N–H and O–H groups in total. The second kappa shape index (κ2) is 12.5. The van der Waals surface area contributed by atoms with Gasteiger partial charge in [-0.3, -0.25) is 9.48 Å². The van der Waals surface area contributed by atoms with Gasteiger partial charge in [-0.1, -0.05) is 81.4 Å². The van der Waals surface area contributed by atoms with Crippen LogP contribution in [0.2, 0.25) is 5.04 Å². The number of benzene rings is 2. The summed E-state index contributed by atoms with van der Waals surface area (Å²) in [5.41, 5.74) is 3.26. The van der Waals surface area contributed by atoms with Gasteiger partial charge in [0.1, 0.15) is 0 Å². The molecule has 0 spiro atoms. The smallest absolute Gasteiger partial charge is 0.274 e. The number of hydrogen-bond donors (Lipinski definition) is 1. The molecule has 2 saturated heterocycles. The summed E-state index contributed by atoms with van der Waals surface area (Å²) in [7, 11) is -2.61. The van der Waals surface area contributed by atoms with Crippen molar-refractivity contribution in [2.24, 2.45) is 5.92 Å². The Morgan fingerprint density at radius 3 is 2.14 bits per heavy atom. The van der Waals surface area contributed by atoms with E-state index in [2.05, 4.69) is 91.4 Å². The van der Waals surface area contributed by atoms with Gasteiger partial charge in [0.25, 0.3) is 14.2 Å². The first-order valence-electron chi connectivity index (χ1n) is 16.2. The van der Waals surface area contributed by atoms with E-state index in [1.165, 1.54) is 34.5 Å². The van der Waals surface area contributed by atoms with Gasteiger partial charge in [-0.15, -0.1) is 0 Å². The summed E-state index contributed by atoms with van der Waals surface area (Å²) < 4.78 is 9.58. The number of piperidine rings is 2. The Bertz CT molecular complexity index is 1300. The monoisotopic (exact) mass is 584 g/mol. The number of amides is 1. The van der Waals surface area contributed by atoms with Crippen molar-refractivity contribution in [3.05, 3.63) is 77.6 Å². The van der Waals surface area contributed by atoms with Gasteiger partial charge in [-0.25, -0.2) is 0 Å². The minimum Gasteiger partial charge on any atom is -0.404 e. The third kappa shape index (κ3) is 5.75. The van der Waals surface area contributed by atoms with Crippen LogP contribution < -0.4 is 15.7 Å². The predicted octanol–water partition coefficient (Wildman–Crippen LogP) is 4.94. The number of carbonyl (C=O) groups is 1. The van der Waals surface area contributed by atoms with E-state index in [1.54, 1.807) is 0 Å². The lowest BCUT2D eigenvalue weighted by Gasteiger charge is -2.46. The SMILES string of the molecule is CC(C)(C)[Si](OC1CCN(C(=O)c2nn(CCC3CCNCC3)c3c2CCC3)CC1)(c1ccccc1)c1ccccc1. The summed E-state index contributed by atoms with van der Waals surface area (Å²) in [5.74, 6) is 0.888. The van der Waals surface area contributed by atoms with Crippen molar-refractivity contribution in [1.29, 1.82) is 0 Å². The molecule has 0 atom stereocenters. The highest BCUT2D eigenvalue weighted by Gasteiger charge is 2.51. The van der Waals surface area contributed by atoms with Crippen LogP contribution in [-0.4, -0.2) is 61.2 Å². The Kier molecular flexibility index (Phi) is 8.71. The fourth-order valence-electron chi connectivity index (χ4n) is 7.61. The maximum atomic E-state index is 13.9. The lowest BCUT2D eigenvalue weighted by Crippen LogP contribution is -2.68. The van der Waals surface area contributed by atoms with Crippen molar-refractivity contribution in [2.45, 2.75) is 89.8 Å². The third-order valence-corrected chi connectivity index (χ3v) is 15.0. The van der Waals surface area contributed by atoms with Gasteiger partial charge in [-0.2, -0.15) is 5.10 Å². The largest absolute Gasteiger partial charge is 0.404 e. The third-order valence-electron chi connectivity index (χ3n) is 9.91. The Hall–Kier alpha value is -2.74. The molecule has 1 aromatic heterocycles. The number of rotatable bonds is 8. The summed E-state index contributed by atoms with van der Waals surface area (Å²) in [6.07, 6.45) is 8.66. The van der Waals surface area contributed by atoms with Crippen molar-refractivity contribution < 1.29 is 9.22 Å².